The third-order valence-corrected chi connectivity index (χ3v) is 5.14. The van der Waals surface area contributed by atoms with Gasteiger partial charge in [0.25, 0.3) is 5.56 Å². The Morgan fingerprint density at radius 2 is 1.76 bits per heavy atom. The lowest BCUT2D eigenvalue weighted by atomic mass is 10.1. The molecule has 4 rings (SSSR count). The zero-order chi connectivity index (χ0) is 20.5. The number of rotatable bonds is 4. The largest absolute Gasteiger partial charge is 0.324 e. The Labute approximate surface area is 168 Å². The van der Waals surface area contributed by atoms with E-state index in [1.807, 2.05) is 63.2 Å². The Morgan fingerprint density at radius 3 is 2.52 bits per heavy atom. The number of nitrogens with one attached hydrogen (secondary N) is 1. The normalized spacial score (nSPS) is 11.0. The maximum atomic E-state index is 13.1. The lowest BCUT2D eigenvalue weighted by molar-refractivity contribution is -0.116. The highest BCUT2D eigenvalue weighted by Crippen LogP contribution is 2.18. The molecule has 29 heavy (non-hydrogen) atoms. The summed E-state index contributed by atoms with van der Waals surface area (Å²) in [6, 6.07) is 16.9. The van der Waals surface area contributed by atoms with Crippen LogP contribution in [-0.2, 0) is 11.3 Å². The van der Waals surface area contributed by atoms with E-state index in [9.17, 15) is 9.59 Å². The summed E-state index contributed by atoms with van der Waals surface area (Å²) < 4.78 is 3.16. The van der Waals surface area contributed by atoms with E-state index in [0.717, 1.165) is 22.4 Å². The van der Waals surface area contributed by atoms with Gasteiger partial charge in [-0.1, -0.05) is 24.3 Å². The van der Waals surface area contributed by atoms with Crippen molar-refractivity contribution in [3.63, 3.8) is 0 Å². The fraction of sp³-hybridized carbons (Fsp3) is 0.174. The van der Waals surface area contributed by atoms with Gasteiger partial charge in [0, 0.05) is 11.9 Å². The Kier molecular flexibility index (Phi) is 4.76. The van der Waals surface area contributed by atoms with Crippen molar-refractivity contribution in [3.8, 4) is 5.69 Å². The fourth-order valence-electron chi connectivity index (χ4n) is 3.39. The number of hydrogen-bond acceptors (Lipinski definition) is 3. The second kappa shape index (κ2) is 7.39. The van der Waals surface area contributed by atoms with E-state index in [-0.39, 0.29) is 18.0 Å². The van der Waals surface area contributed by atoms with Gasteiger partial charge in [0.2, 0.25) is 5.91 Å². The Balaban J connectivity index is 1.80. The summed E-state index contributed by atoms with van der Waals surface area (Å²) >= 11 is 0. The minimum absolute atomic E-state index is 0.0307. The third kappa shape index (κ3) is 3.45. The van der Waals surface area contributed by atoms with Gasteiger partial charge in [-0.05, 0) is 67.8 Å². The molecule has 4 aromatic rings. The monoisotopic (exact) mass is 386 g/mol. The summed E-state index contributed by atoms with van der Waals surface area (Å²) in [6.07, 6.45) is 1.63. The maximum absolute atomic E-state index is 13.1. The molecule has 1 N–H and O–H groups in total. The molecular formula is C23H22N4O2. The number of carbonyl (C=O) groups excluding carboxylic acids is 1. The van der Waals surface area contributed by atoms with Crippen LogP contribution < -0.4 is 10.9 Å². The first-order chi connectivity index (χ1) is 14.0. The second-order valence-electron chi connectivity index (χ2n) is 7.18. The van der Waals surface area contributed by atoms with E-state index < -0.39 is 0 Å². The average Bonchev–Trinajstić information content (AvgIpc) is 2.98. The van der Waals surface area contributed by atoms with Crippen LogP contribution in [-0.4, -0.2) is 20.3 Å². The van der Waals surface area contributed by atoms with Crippen molar-refractivity contribution < 1.29 is 4.79 Å². The van der Waals surface area contributed by atoms with E-state index in [1.54, 1.807) is 23.0 Å². The molecule has 2 heterocycles. The molecule has 6 nitrogen and oxygen atoms in total. The summed E-state index contributed by atoms with van der Waals surface area (Å²) in [6.45, 7) is 5.93. The van der Waals surface area contributed by atoms with Gasteiger partial charge in [-0.25, -0.2) is 9.67 Å². The van der Waals surface area contributed by atoms with Crippen molar-refractivity contribution in [1.82, 2.24) is 14.3 Å². The smallest absolute Gasteiger partial charge is 0.280 e. The molecule has 0 bridgehead atoms. The molecule has 0 saturated heterocycles. The van der Waals surface area contributed by atoms with Crippen molar-refractivity contribution >= 4 is 22.6 Å². The predicted molar refractivity (Wildman–Crippen MR) is 115 cm³/mol. The van der Waals surface area contributed by atoms with Gasteiger partial charge in [-0.2, -0.15) is 0 Å². The summed E-state index contributed by atoms with van der Waals surface area (Å²) in [5.74, 6) is -0.223. The van der Waals surface area contributed by atoms with Crippen molar-refractivity contribution in [3.05, 3.63) is 87.8 Å². The summed E-state index contributed by atoms with van der Waals surface area (Å²) in [5.41, 5.74) is 4.93. The molecule has 0 radical (unpaired) electrons. The standard InChI is InChI=1S/C23H22N4O2/c1-15-10-11-18(13-17(15)3)27-23(29)19-8-6-12-24-22(19)26(27)14-21(28)25-20-9-5-4-7-16(20)2/h4-13H,14H2,1-3H3,(H,25,28). The van der Waals surface area contributed by atoms with E-state index in [0.29, 0.717) is 16.7 Å². The molecule has 0 aliphatic carbocycles. The number of para-hydroxylation sites is 1. The molecule has 0 saturated carbocycles. The molecule has 0 aliphatic rings. The van der Waals surface area contributed by atoms with Gasteiger partial charge in [-0.15, -0.1) is 0 Å². The average molecular weight is 386 g/mol. The third-order valence-electron chi connectivity index (χ3n) is 5.14. The molecule has 6 heteroatoms. The summed E-state index contributed by atoms with van der Waals surface area (Å²) in [4.78, 5) is 30.3. The van der Waals surface area contributed by atoms with Gasteiger partial charge in [0.05, 0.1) is 11.1 Å². The number of amides is 1. The van der Waals surface area contributed by atoms with Crippen LogP contribution in [0.2, 0.25) is 0 Å². The van der Waals surface area contributed by atoms with Crippen molar-refractivity contribution in [2.75, 3.05) is 5.32 Å². The van der Waals surface area contributed by atoms with Gasteiger partial charge in [0.15, 0.2) is 5.65 Å². The van der Waals surface area contributed by atoms with Crippen LogP contribution in [0.3, 0.4) is 0 Å². The van der Waals surface area contributed by atoms with E-state index in [1.165, 1.54) is 4.68 Å². The Bertz CT molecular complexity index is 1280. The molecule has 0 atom stereocenters. The highest BCUT2D eigenvalue weighted by Gasteiger charge is 2.18. The lowest BCUT2D eigenvalue weighted by Gasteiger charge is -2.14. The Hall–Kier alpha value is -3.67. The zero-order valence-corrected chi connectivity index (χ0v) is 16.6. The quantitative estimate of drug-likeness (QED) is 0.581. The molecular weight excluding hydrogens is 364 g/mol. The van der Waals surface area contributed by atoms with Crippen LogP contribution in [0.15, 0.2) is 65.6 Å². The molecule has 0 aliphatic heterocycles. The van der Waals surface area contributed by atoms with Crippen molar-refractivity contribution in [1.29, 1.82) is 0 Å². The molecule has 0 spiro atoms. The summed E-state index contributed by atoms with van der Waals surface area (Å²) in [5, 5.41) is 3.41. The maximum Gasteiger partial charge on any atom is 0.280 e. The number of benzene rings is 2. The van der Waals surface area contributed by atoms with Crippen molar-refractivity contribution in [2.45, 2.75) is 27.3 Å². The molecule has 146 valence electrons. The number of aryl methyl sites for hydroxylation is 3. The number of fused-ring (bicyclic) bond motifs is 1. The second-order valence-corrected chi connectivity index (χ2v) is 7.18. The minimum Gasteiger partial charge on any atom is -0.324 e. The number of hydrogen-bond donors (Lipinski definition) is 1. The van der Waals surface area contributed by atoms with E-state index >= 15 is 0 Å². The molecule has 0 unspecified atom stereocenters. The SMILES string of the molecule is Cc1ccc(-n2c(=O)c3cccnc3n2CC(=O)Nc2ccccc2C)cc1C. The van der Waals surface area contributed by atoms with Crippen molar-refractivity contribution in [2.24, 2.45) is 0 Å². The molecule has 0 fully saturated rings. The fourth-order valence-corrected chi connectivity index (χ4v) is 3.39. The predicted octanol–water partition coefficient (Wildman–Crippen LogP) is 3.75. The van der Waals surface area contributed by atoms with Crippen LogP contribution in [0.5, 0.6) is 0 Å². The lowest BCUT2D eigenvalue weighted by Crippen LogP contribution is -2.27. The molecule has 2 aromatic heterocycles. The number of pyridine rings is 1. The van der Waals surface area contributed by atoms with Crippen LogP contribution >= 0.6 is 0 Å². The molecule has 2 aromatic carbocycles. The first-order valence-corrected chi connectivity index (χ1v) is 9.45. The summed E-state index contributed by atoms with van der Waals surface area (Å²) in [7, 11) is 0. The number of nitrogens with zero attached hydrogens (tertiary/aromatic N) is 3. The topological polar surface area (TPSA) is 68.9 Å². The number of aromatic nitrogens is 3. The van der Waals surface area contributed by atoms with Crippen LogP contribution in [0, 0.1) is 20.8 Å². The van der Waals surface area contributed by atoms with Crippen LogP contribution in [0.4, 0.5) is 5.69 Å². The van der Waals surface area contributed by atoms with Gasteiger partial charge >= 0.3 is 0 Å². The highest BCUT2D eigenvalue weighted by atomic mass is 16.2. The zero-order valence-electron chi connectivity index (χ0n) is 16.6. The minimum atomic E-state index is -0.223. The first kappa shape index (κ1) is 18.7. The van der Waals surface area contributed by atoms with Gasteiger partial charge < -0.3 is 5.32 Å². The number of anilines is 1. The van der Waals surface area contributed by atoms with Crippen LogP contribution in [0.25, 0.3) is 16.7 Å². The Morgan fingerprint density at radius 1 is 0.966 bits per heavy atom. The first-order valence-electron chi connectivity index (χ1n) is 9.45. The number of carbonyl (C=O) groups is 1. The van der Waals surface area contributed by atoms with E-state index in [4.69, 9.17) is 0 Å². The van der Waals surface area contributed by atoms with Crippen LogP contribution in [0.1, 0.15) is 16.7 Å². The van der Waals surface area contributed by atoms with Gasteiger partial charge in [0.1, 0.15) is 6.54 Å². The molecule has 1 amide bonds. The van der Waals surface area contributed by atoms with E-state index in [2.05, 4.69) is 10.3 Å². The van der Waals surface area contributed by atoms with Gasteiger partial charge in [-0.3, -0.25) is 14.3 Å². The highest BCUT2D eigenvalue weighted by molar-refractivity contribution is 5.92.